The van der Waals surface area contributed by atoms with Crippen LogP contribution >= 0.6 is 22.6 Å². The van der Waals surface area contributed by atoms with Crippen molar-refractivity contribution in [3.8, 4) is 0 Å². The summed E-state index contributed by atoms with van der Waals surface area (Å²) >= 11 is 2.03. The van der Waals surface area contributed by atoms with Crippen molar-refractivity contribution in [2.24, 2.45) is 5.92 Å². The van der Waals surface area contributed by atoms with Gasteiger partial charge in [-0.05, 0) is 86.5 Å². The molecule has 1 N–H and O–H groups in total. The average molecular weight is 404 g/mol. The molecule has 3 nitrogen and oxygen atoms in total. The average Bonchev–Trinajstić information content (AvgIpc) is 2.45. The minimum atomic E-state index is -0.302. The van der Waals surface area contributed by atoms with Gasteiger partial charge < -0.3 is 10.2 Å². The summed E-state index contributed by atoms with van der Waals surface area (Å²) in [6.07, 6.45) is 2.32. The van der Waals surface area contributed by atoms with E-state index in [1.807, 2.05) is 41.3 Å². The third kappa shape index (κ3) is 4.39. The van der Waals surface area contributed by atoms with Gasteiger partial charge in [-0.1, -0.05) is 0 Å². The number of benzene rings is 1. The van der Waals surface area contributed by atoms with Crippen molar-refractivity contribution in [1.82, 2.24) is 10.2 Å². The SMILES string of the molecule is CC(C)N(CC1CCCNC1)C(=O)c1ccc(F)cc1I. The Balaban J connectivity index is 2.14. The molecular weight excluding hydrogens is 382 g/mol. The number of carbonyl (C=O) groups is 1. The molecule has 1 aliphatic rings. The number of nitrogens with one attached hydrogen (secondary N) is 1. The first-order valence-corrected chi connectivity index (χ1v) is 8.53. The van der Waals surface area contributed by atoms with Crippen molar-refractivity contribution in [3.63, 3.8) is 0 Å². The molecule has 21 heavy (non-hydrogen) atoms. The van der Waals surface area contributed by atoms with Crippen LogP contribution < -0.4 is 5.32 Å². The molecule has 0 spiro atoms. The topological polar surface area (TPSA) is 32.3 Å². The van der Waals surface area contributed by atoms with Crippen LogP contribution in [0.4, 0.5) is 4.39 Å². The molecule has 0 aliphatic carbocycles. The van der Waals surface area contributed by atoms with Crippen molar-refractivity contribution < 1.29 is 9.18 Å². The third-order valence-corrected chi connectivity index (χ3v) is 4.79. The Bertz CT molecular complexity index is 501. The summed E-state index contributed by atoms with van der Waals surface area (Å²) in [5.74, 6) is 0.201. The Morgan fingerprint density at radius 3 is 2.86 bits per heavy atom. The fraction of sp³-hybridized carbons (Fsp3) is 0.562. The number of piperidine rings is 1. The molecule has 1 heterocycles. The molecule has 1 amide bonds. The Morgan fingerprint density at radius 2 is 2.29 bits per heavy atom. The minimum absolute atomic E-state index is 0.0000246. The van der Waals surface area contributed by atoms with Gasteiger partial charge in [0.25, 0.3) is 5.91 Å². The summed E-state index contributed by atoms with van der Waals surface area (Å²) in [6.45, 7) is 6.87. The fourth-order valence-electron chi connectivity index (χ4n) is 2.70. The summed E-state index contributed by atoms with van der Waals surface area (Å²) in [5.41, 5.74) is 0.592. The van der Waals surface area contributed by atoms with E-state index in [-0.39, 0.29) is 17.8 Å². The predicted octanol–water partition coefficient (Wildman–Crippen LogP) is 3.28. The van der Waals surface area contributed by atoms with Crippen LogP contribution in [0.3, 0.4) is 0 Å². The second-order valence-corrected chi connectivity index (χ2v) is 7.05. The fourth-order valence-corrected chi connectivity index (χ4v) is 3.41. The van der Waals surface area contributed by atoms with Crippen molar-refractivity contribution in [3.05, 3.63) is 33.1 Å². The predicted molar refractivity (Wildman–Crippen MR) is 90.9 cm³/mol. The van der Waals surface area contributed by atoms with Gasteiger partial charge in [0, 0.05) is 16.2 Å². The lowest BCUT2D eigenvalue weighted by molar-refractivity contribution is 0.0659. The maximum Gasteiger partial charge on any atom is 0.255 e. The van der Waals surface area contributed by atoms with Crippen molar-refractivity contribution >= 4 is 28.5 Å². The van der Waals surface area contributed by atoms with Gasteiger partial charge in [0.1, 0.15) is 5.82 Å². The van der Waals surface area contributed by atoms with Crippen molar-refractivity contribution in [2.75, 3.05) is 19.6 Å². The van der Waals surface area contributed by atoms with E-state index in [1.165, 1.54) is 18.6 Å². The monoisotopic (exact) mass is 404 g/mol. The van der Waals surface area contributed by atoms with E-state index in [1.54, 1.807) is 6.07 Å². The van der Waals surface area contributed by atoms with Gasteiger partial charge in [-0.25, -0.2) is 4.39 Å². The number of amides is 1. The van der Waals surface area contributed by atoms with E-state index in [9.17, 15) is 9.18 Å². The van der Waals surface area contributed by atoms with E-state index in [4.69, 9.17) is 0 Å². The van der Waals surface area contributed by atoms with E-state index in [0.717, 1.165) is 26.1 Å². The number of rotatable bonds is 4. The zero-order valence-corrected chi connectivity index (χ0v) is 14.7. The summed E-state index contributed by atoms with van der Waals surface area (Å²) in [6, 6.07) is 4.50. The molecule has 1 saturated heterocycles. The highest BCUT2D eigenvalue weighted by atomic mass is 127. The summed E-state index contributed by atoms with van der Waals surface area (Å²) in [7, 11) is 0. The minimum Gasteiger partial charge on any atom is -0.336 e. The summed E-state index contributed by atoms with van der Waals surface area (Å²) in [4.78, 5) is 14.7. The zero-order chi connectivity index (χ0) is 15.4. The molecule has 5 heteroatoms. The molecule has 1 atom stereocenters. The molecule has 1 aromatic rings. The second kappa shape index (κ2) is 7.54. The largest absolute Gasteiger partial charge is 0.336 e. The van der Waals surface area contributed by atoms with Gasteiger partial charge in [-0.3, -0.25) is 4.79 Å². The number of hydrogen-bond acceptors (Lipinski definition) is 2. The molecule has 1 fully saturated rings. The molecular formula is C16H22FIN2O. The van der Waals surface area contributed by atoms with Crippen LogP contribution in [0.25, 0.3) is 0 Å². The molecule has 116 valence electrons. The van der Waals surface area contributed by atoms with Crippen LogP contribution in [0.2, 0.25) is 0 Å². The molecule has 1 aliphatic heterocycles. The van der Waals surface area contributed by atoms with Gasteiger partial charge in [-0.2, -0.15) is 0 Å². The van der Waals surface area contributed by atoms with Gasteiger partial charge in [-0.15, -0.1) is 0 Å². The number of halogens is 2. The zero-order valence-electron chi connectivity index (χ0n) is 12.5. The molecule has 1 unspecified atom stereocenters. The lowest BCUT2D eigenvalue weighted by atomic mass is 9.98. The number of nitrogens with zero attached hydrogens (tertiary/aromatic N) is 1. The summed E-state index contributed by atoms with van der Waals surface area (Å²) in [5, 5.41) is 3.39. The van der Waals surface area contributed by atoms with Crippen molar-refractivity contribution in [1.29, 1.82) is 0 Å². The number of hydrogen-bond donors (Lipinski definition) is 1. The van der Waals surface area contributed by atoms with Gasteiger partial charge in [0.05, 0.1) is 5.56 Å². The quantitative estimate of drug-likeness (QED) is 0.782. The van der Waals surface area contributed by atoms with E-state index >= 15 is 0 Å². The lowest BCUT2D eigenvalue weighted by Gasteiger charge is -2.33. The molecule has 2 rings (SSSR count). The molecule has 0 saturated carbocycles. The Hall–Kier alpha value is -0.690. The highest BCUT2D eigenvalue weighted by molar-refractivity contribution is 14.1. The second-order valence-electron chi connectivity index (χ2n) is 5.89. The van der Waals surface area contributed by atoms with Crippen LogP contribution in [0.1, 0.15) is 37.0 Å². The first-order chi connectivity index (χ1) is 9.99. The van der Waals surface area contributed by atoms with Crippen molar-refractivity contribution in [2.45, 2.75) is 32.7 Å². The molecule has 1 aromatic carbocycles. The smallest absolute Gasteiger partial charge is 0.255 e. The standard InChI is InChI=1S/C16H22FIN2O/c1-11(2)20(10-12-4-3-7-19-9-12)16(21)14-6-5-13(17)8-15(14)18/h5-6,8,11-12,19H,3-4,7,9-10H2,1-2H3. The maximum absolute atomic E-state index is 13.2. The highest BCUT2D eigenvalue weighted by Crippen LogP contribution is 2.20. The van der Waals surface area contributed by atoms with Crippen LogP contribution in [0.5, 0.6) is 0 Å². The highest BCUT2D eigenvalue weighted by Gasteiger charge is 2.25. The third-order valence-electron chi connectivity index (χ3n) is 3.90. The number of carbonyl (C=O) groups excluding carboxylic acids is 1. The van der Waals surface area contributed by atoms with Gasteiger partial charge >= 0.3 is 0 Å². The Labute approximate surface area is 139 Å². The van der Waals surface area contributed by atoms with Crippen LogP contribution in [-0.2, 0) is 0 Å². The van der Waals surface area contributed by atoms with Gasteiger partial charge in [0.15, 0.2) is 0 Å². The van der Waals surface area contributed by atoms with E-state index in [0.29, 0.717) is 15.1 Å². The molecule has 0 aromatic heterocycles. The first-order valence-electron chi connectivity index (χ1n) is 7.45. The Kier molecular flexibility index (Phi) is 5.98. The van der Waals surface area contributed by atoms with Crippen LogP contribution in [-0.4, -0.2) is 36.5 Å². The van der Waals surface area contributed by atoms with Crippen LogP contribution in [0.15, 0.2) is 18.2 Å². The molecule has 0 bridgehead atoms. The maximum atomic E-state index is 13.2. The molecule has 0 radical (unpaired) electrons. The van der Waals surface area contributed by atoms with E-state index < -0.39 is 0 Å². The van der Waals surface area contributed by atoms with Crippen LogP contribution in [0, 0.1) is 15.3 Å². The first kappa shape index (κ1) is 16.7. The van der Waals surface area contributed by atoms with Gasteiger partial charge in [0.2, 0.25) is 0 Å². The normalized spacial score (nSPS) is 18.8. The lowest BCUT2D eigenvalue weighted by Crippen LogP contribution is -2.44. The summed E-state index contributed by atoms with van der Waals surface area (Å²) < 4.78 is 13.9. The van der Waals surface area contributed by atoms with E-state index in [2.05, 4.69) is 5.32 Å². The Morgan fingerprint density at radius 1 is 1.52 bits per heavy atom.